The second-order valence-electron chi connectivity index (χ2n) is 3.44. The highest BCUT2D eigenvalue weighted by atomic mass is 79.9. The Kier molecular flexibility index (Phi) is 3.51. The topological polar surface area (TPSA) is 30.0 Å². The minimum atomic E-state index is 0.0660. The summed E-state index contributed by atoms with van der Waals surface area (Å²) in [4.78, 5) is 16.1. The number of hydrogen-bond acceptors (Lipinski definition) is 3. The summed E-state index contributed by atoms with van der Waals surface area (Å²) in [7, 11) is 0. The summed E-state index contributed by atoms with van der Waals surface area (Å²) in [5.74, 6) is 0.0660. The third-order valence-electron chi connectivity index (χ3n) is 2.21. The van der Waals surface area contributed by atoms with Gasteiger partial charge in [0.05, 0.1) is 5.01 Å². The van der Waals surface area contributed by atoms with Crippen molar-refractivity contribution in [3.63, 3.8) is 0 Å². The smallest absolute Gasteiger partial charge is 0.186 e. The van der Waals surface area contributed by atoms with Crippen molar-refractivity contribution >= 4 is 33.0 Å². The van der Waals surface area contributed by atoms with E-state index in [1.807, 2.05) is 36.6 Å². The molecule has 1 aromatic carbocycles. The number of nitrogens with zero attached hydrogens (tertiary/aromatic N) is 1. The summed E-state index contributed by atoms with van der Waals surface area (Å²) < 4.78 is 0.968. The summed E-state index contributed by atoms with van der Waals surface area (Å²) in [6.07, 6.45) is 0.393. The van der Waals surface area contributed by atoms with E-state index in [-0.39, 0.29) is 5.78 Å². The monoisotopic (exact) mass is 295 g/mol. The van der Waals surface area contributed by atoms with E-state index in [1.54, 1.807) is 0 Å². The highest BCUT2D eigenvalue weighted by Gasteiger charge is 2.11. The van der Waals surface area contributed by atoms with Crippen LogP contribution in [0.25, 0.3) is 0 Å². The predicted molar refractivity (Wildman–Crippen MR) is 69.0 cm³/mol. The Balaban J connectivity index is 2.17. The summed E-state index contributed by atoms with van der Waals surface area (Å²) in [6.45, 7) is 1.90. The lowest BCUT2D eigenvalue weighted by atomic mass is 10.1. The molecule has 0 spiro atoms. The average molecular weight is 296 g/mol. The number of carbonyl (C=O) groups is 1. The number of benzene rings is 1. The van der Waals surface area contributed by atoms with E-state index in [9.17, 15) is 4.79 Å². The molecule has 2 nitrogen and oxygen atoms in total. The zero-order chi connectivity index (χ0) is 11.5. The highest BCUT2D eigenvalue weighted by Crippen LogP contribution is 2.18. The molecule has 0 saturated heterocycles. The Bertz CT molecular complexity index is 521. The van der Waals surface area contributed by atoms with Crippen LogP contribution in [0.4, 0.5) is 0 Å². The van der Waals surface area contributed by atoms with Crippen LogP contribution < -0.4 is 0 Å². The van der Waals surface area contributed by atoms with Gasteiger partial charge in [0.25, 0.3) is 0 Å². The molecule has 0 aliphatic rings. The van der Waals surface area contributed by atoms with Crippen LogP contribution in [0.2, 0.25) is 0 Å². The molecule has 0 fully saturated rings. The number of carbonyl (C=O) groups excluding carboxylic acids is 1. The van der Waals surface area contributed by atoms with Gasteiger partial charge >= 0.3 is 0 Å². The number of aromatic nitrogens is 1. The second kappa shape index (κ2) is 4.89. The van der Waals surface area contributed by atoms with Crippen LogP contribution in [0.5, 0.6) is 0 Å². The Labute approximate surface area is 106 Å². The molecule has 0 N–H and O–H groups in total. The van der Waals surface area contributed by atoms with Gasteiger partial charge in [-0.2, -0.15) is 0 Å². The summed E-state index contributed by atoms with van der Waals surface area (Å²) in [6, 6.07) is 7.75. The molecule has 1 aromatic heterocycles. The number of ketones is 1. The third-order valence-corrected chi connectivity index (χ3v) is 3.76. The first-order valence-electron chi connectivity index (χ1n) is 4.85. The first-order valence-corrected chi connectivity index (χ1v) is 6.53. The molecule has 0 unspecified atom stereocenters. The molecule has 0 aliphatic heterocycles. The minimum Gasteiger partial charge on any atom is -0.292 e. The van der Waals surface area contributed by atoms with Crippen molar-refractivity contribution in [2.45, 2.75) is 13.3 Å². The van der Waals surface area contributed by atoms with Crippen molar-refractivity contribution < 1.29 is 4.79 Å². The van der Waals surface area contributed by atoms with Gasteiger partial charge in [-0.1, -0.05) is 34.1 Å². The summed E-state index contributed by atoms with van der Waals surface area (Å²) in [5, 5.41) is 2.74. The number of halogens is 1. The predicted octanol–water partition coefficient (Wildman–Crippen LogP) is 3.64. The molecule has 82 valence electrons. The lowest BCUT2D eigenvalue weighted by molar-refractivity contribution is 0.0988. The number of thiazole rings is 1. The summed E-state index contributed by atoms with van der Waals surface area (Å²) in [5.41, 5.74) is 1.57. The van der Waals surface area contributed by atoms with Gasteiger partial charge in [0, 0.05) is 16.3 Å². The molecule has 0 radical (unpaired) electrons. The van der Waals surface area contributed by atoms with Crippen molar-refractivity contribution in [3.05, 3.63) is 50.4 Å². The molecule has 2 rings (SSSR count). The fourth-order valence-corrected chi connectivity index (χ4v) is 2.44. The zero-order valence-electron chi connectivity index (χ0n) is 8.74. The molecule has 0 atom stereocenters. The lowest BCUT2D eigenvalue weighted by Gasteiger charge is -2.01. The second-order valence-corrected chi connectivity index (χ2v) is 5.36. The van der Waals surface area contributed by atoms with Crippen LogP contribution in [0, 0.1) is 6.92 Å². The number of hydrogen-bond donors (Lipinski definition) is 0. The molecular weight excluding hydrogens is 286 g/mol. The summed E-state index contributed by atoms with van der Waals surface area (Å²) >= 11 is 4.94. The van der Waals surface area contributed by atoms with Gasteiger partial charge in [-0.05, 0) is 18.6 Å². The van der Waals surface area contributed by atoms with Gasteiger partial charge < -0.3 is 0 Å². The van der Waals surface area contributed by atoms with E-state index in [2.05, 4.69) is 20.9 Å². The van der Waals surface area contributed by atoms with E-state index >= 15 is 0 Å². The van der Waals surface area contributed by atoms with Crippen molar-refractivity contribution in [3.8, 4) is 0 Å². The van der Waals surface area contributed by atoms with Crippen LogP contribution >= 0.6 is 27.3 Å². The van der Waals surface area contributed by atoms with Gasteiger partial charge in [-0.25, -0.2) is 4.98 Å². The van der Waals surface area contributed by atoms with E-state index in [1.165, 1.54) is 11.3 Å². The molecule has 4 heteroatoms. The molecule has 0 saturated carbocycles. The maximum Gasteiger partial charge on any atom is 0.186 e. The number of Topliss-reactive ketones (excluding diaryl/α,β-unsaturated/α-hetero) is 1. The van der Waals surface area contributed by atoms with Gasteiger partial charge in [-0.3, -0.25) is 4.79 Å². The molecule has 0 amide bonds. The van der Waals surface area contributed by atoms with Gasteiger partial charge in [-0.15, -0.1) is 11.3 Å². The Morgan fingerprint density at radius 1 is 1.44 bits per heavy atom. The Morgan fingerprint density at radius 2 is 2.19 bits per heavy atom. The van der Waals surface area contributed by atoms with Crippen molar-refractivity contribution in [2.24, 2.45) is 0 Å². The fraction of sp³-hybridized carbons (Fsp3) is 0.167. The number of rotatable bonds is 3. The third kappa shape index (κ3) is 2.57. The highest BCUT2D eigenvalue weighted by molar-refractivity contribution is 9.10. The van der Waals surface area contributed by atoms with Crippen molar-refractivity contribution in [1.82, 2.24) is 4.98 Å². The minimum absolute atomic E-state index is 0.0660. The first-order chi connectivity index (χ1) is 7.66. The SMILES string of the molecule is Cc1nc(C(=O)Cc2ccccc2Br)cs1. The van der Waals surface area contributed by atoms with Crippen LogP contribution in [-0.2, 0) is 6.42 Å². The lowest BCUT2D eigenvalue weighted by Crippen LogP contribution is -2.04. The van der Waals surface area contributed by atoms with E-state index in [0.717, 1.165) is 15.0 Å². The molecular formula is C12H10BrNOS. The normalized spacial score (nSPS) is 10.4. The van der Waals surface area contributed by atoms with Gasteiger partial charge in [0.1, 0.15) is 5.69 Å². The molecule has 0 bridgehead atoms. The van der Waals surface area contributed by atoms with E-state index in [0.29, 0.717) is 12.1 Å². The Morgan fingerprint density at radius 3 is 2.81 bits per heavy atom. The van der Waals surface area contributed by atoms with Gasteiger partial charge in [0.15, 0.2) is 5.78 Å². The quantitative estimate of drug-likeness (QED) is 0.809. The van der Waals surface area contributed by atoms with E-state index < -0.39 is 0 Å². The van der Waals surface area contributed by atoms with Crippen molar-refractivity contribution in [1.29, 1.82) is 0 Å². The standard InChI is InChI=1S/C12H10BrNOS/c1-8-14-11(7-16-8)12(15)6-9-4-2-3-5-10(9)13/h2-5,7H,6H2,1H3. The van der Waals surface area contributed by atoms with Crippen molar-refractivity contribution in [2.75, 3.05) is 0 Å². The fourth-order valence-electron chi connectivity index (χ4n) is 1.40. The van der Waals surface area contributed by atoms with E-state index in [4.69, 9.17) is 0 Å². The van der Waals surface area contributed by atoms with Crippen LogP contribution in [0.3, 0.4) is 0 Å². The van der Waals surface area contributed by atoms with Crippen LogP contribution in [-0.4, -0.2) is 10.8 Å². The zero-order valence-corrected chi connectivity index (χ0v) is 11.1. The van der Waals surface area contributed by atoms with Crippen LogP contribution in [0.1, 0.15) is 21.1 Å². The van der Waals surface area contributed by atoms with Gasteiger partial charge in [0.2, 0.25) is 0 Å². The first kappa shape index (κ1) is 11.5. The largest absolute Gasteiger partial charge is 0.292 e. The maximum atomic E-state index is 11.9. The Hall–Kier alpha value is -1.000. The average Bonchev–Trinajstić information content (AvgIpc) is 2.68. The molecule has 0 aliphatic carbocycles. The number of aryl methyl sites for hydroxylation is 1. The molecule has 1 heterocycles. The molecule has 16 heavy (non-hydrogen) atoms. The maximum absolute atomic E-state index is 11.9. The van der Waals surface area contributed by atoms with Crippen LogP contribution in [0.15, 0.2) is 34.1 Å². The molecule has 2 aromatic rings.